The Morgan fingerprint density at radius 3 is 2.91 bits per heavy atom. The normalized spacial score (nSPS) is 17.5. The largest absolute Gasteiger partial charge is 0.493 e. The average Bonchev–Trinajstić information content (AvgIpc) is 2.53. The third kappa shape index (κ3) is 6.40. The van der Waals surface area contributed by atoms with Crippen molar-refractivity contribution in [1.82, 2.24) is 10.2 Å². The number of halogens is 1. The highest BCUT2D eigenvalue weighted by atomic mass is 35.5. The van der Waals surface area contributed by atoms with Crippen molar-refractivity contribution in [2.24, 2.45) is 5.92 Å². The Hall–Kier alpha value is -1.26. The number of para-hydroxylation sites is 1. The number of piperidine rings is 1. The van der Waals surface area contributed by atoms with Crippen LogP contribution in [0.1, 0.15) is 31.2 Å². The second kappa shape index (κ2) is 10.5. The van der Waals surface area contributed by atoms with Gasteiger partial charge in [0.05, 0.1) is 6.61 Å². The van der Waals surface area contributed by atoms with Crippen LogP contribution in [0, 0.1) is 12.8 Å². The Bertz CT molecular complexity index is 480. The molecule has 1 heterocycles. The van der Waals surface area contributed by atoms with Gasteiger partial charge in [-0.15, -0.1) is 12.4 Å². The molecule has 130 valence electrons. The van der Waals surface area contributed by atoms with Crippen molar-refractivity contribution in [2.75, 3.05) is 33.3 Å². The van der Waals surface area contributed by atoms with Gasteiger partial charge in [-0.2, -0.15) is 0 Å². The molecule has 5 heteroatoms. The molecule has 23 heavy (non-hydrogen) atoms. The Morgan fingerprint density at radius 1 is 1.39 bits per heavy atom. The average molecular weight is 341 g/mol. The van der Waals surface area contributed by atoms with E-state index in [1.54, 1.807) is 0 Å². The lowest BCUT2D eigenvalue weighted by Crippen LogP contribution is -2.42. The molecule has 0 aromatic heterocycles. The van der Waals surface area contributed by atoms with Crippen molar-refractivity contribution in [3.05, 3.63) is 29.8 Å². The fourth-order valence-electron chi connectivity index (χ4n) is 3.03. The molecule has 0 aliphatic carbocycles. The molecule has 0 bridgehead atoms. The zero-order valence-corrected chi connectivity index (χ0v) is 15.0. The van der Waals surface area contributed by atoms with Crippen LogP contribution >= 0.6 is 12.4 Å². The number of benzene rings is 1. The summed E-state index contributed by atoms with van der Waals surface area (Å²) in [6.07, 6.45) is 3.71. The monoisotopic (exact) mass is 340 g/mol. The van der Waals surface area contributed by atoms with Gasteiger partial charge < -0.3 is 15.0 Å². The predicted molar refractivity (Wildman–Crippen MR) is 96.4 cm³/mol. The number of nitrogens with one attached hydrogen (secondary N) is 1. The zero-order chi connectivity index (χ0) is 15.8. The molecule has 2 rings (SSSR count). The Balaban J connectivity index is 0.00000264. The maximum absolute atomic E-state index is 12.3. The van der Waals surface area contributed by atoms with Crippen LogP contribution in [0.3, 0.4) is 0 Å². The van der Waals surface area contributed by atoms with E-state index in [9.17, 15) is 4.79 Å². The van der Waals surface area contributed by atoms with Gasteiger partial charge >= 0.3 is 0 Å². The third-order valence-electron chi connectivity index (χ3n) is 4.25. The number of amides is 1. The SMILES string of the molecule is CNCC1CCCN(C(=O)CCCOc2ccccc2C)C1.Cl. The number of likely N-dealkylation sites (tertiary alicyclic amines) is 1. The van der Waals surface area contributed by atoms with E-state index in [-0.39, 0.29) is 18.3 Å². The van der Waals surface area contributed by atoms with Crippen LogP contribution in [0.15, 0.2) is 24.3 Å². The van der Waals surface area contributed by atoms with Crippen LogP contribution in [0.5, 0.6) is 5.75 Å². The third-order valence-corrected chi connectivity index (χ3v) is 4.25. The number of nitrogens with zero attached hydrogens (tertiary/aromatic N) is 1. The standard InChI is InChI=1S/C18H28N2O2.ClH/c1-15-7-3-4-9-17(15)22-12-6-10-18(21)20-11-5-8-16(14-20)13-19-2;/h3-4,7,9,16,19H,5-6,8,10-14H2,1-2H3;1H. The van der Waals surface area contributed by atoms with E-state index < -0.39 is 0 Å². The fraction of sp³-hybridized carbons (Fsp3) is 0.611. The van der Waals surface area contributed by atoms with Gasteiger partial charge in [-0.25, -0.2) is 0 Å². The van der Waals surface area contributed by atoms with Crippen molar-refractivity contribution in [1.29, 1.82) is 0 Å². The van der Waals surface area contributed by atoms with E-state index in [1.165, 1.54) is 6.42 Å². The maximum atomic E-state index is 12.3. The summed E-state index contributed by atoms with van der Waals surface area (Å²) in [5, 5.41) is 3.21. The summed E-state index contributed by atoms with van der Waals surface area (Å²) >= 11 is 0. The summed E-state index contributed by atoms with van der Waals surface area (Å²) < 4.78 is 5.75. The zero-order valence-electron chi connectivity index (χ0n) is 14.2. The molecule has 1 aliphatic heterocycles. The Kier molecular flexibility index (Phi) is 9.03. The van der Waals surface area contributed by atoms with E-state index in [1.807, 2.05) is 43.1 Å². The lowest BCUT2D eigenvalue weighted by Gasteiger charge is -2.32. The number of aryl methyl sites for hydroxylation is 1. The molecule has 1 amide bonds. The number of hydrogen-bond acceptors (Lipinski definition) is 3. The smallest absolute Gasteiger partial charge is 0.222 e. The molecule has 1 unspecified atom stereocenters. The second-order valence-corrected chi connectivity index (χ2v) is 6.12. The number of carbonyl (C=O) groups excluding carboxylic acids is 1. The molecule has 1 aliphatic rings. The van der Waals surface area contributed by atoms with E-state index in [2.05, 4.69) is 5.32 Å². The molecule has 1 saturated heterocycles. The summed E-state index contributed by atoms with van der Waals surface area (Å²) in [5.41, 5.74) is 1.14. The molecule has 1 aromatic carbocycles. The summed E-state index contributed by atoms with van der Waals surface area (Å²) in [6.45, 7) is 5.46. The molecule has 4 nitrogen and oxygen atoms in total. The first-order valence-electron chi connectivity index (χ1n) is 8.31. The number of carbonyl (C=O) groups is 1. The van der Waals surface area contributed by atoms with Crippen LogP contribution in [0.4, 0.5) is 0 Å². The first kappa shape index (κ1) is 19.8. The van der Waals surface area contributed by atoms with Crippen LogP contribution < -0.4 is 10.1 Å². The van der Waals surface area contributed by atoms with Gasteiger partial charge in [0.2, 0.25) is 5.91 Å². The first-order valence-corrected chi connectivity index (χ1v) is 8.31. The minimum atomic E-state index is 0. The highest BCUT2D eigenvalue weighted by Gasteiger charge is 2.22. The lowest BCUT2D eigenvalue weighted by molar-refractivity contribution is -0.133. The van der Waals surface area contributed by atoms with Crippen molar-refractivity contribution in [3.63, 3.8) is 0 Å². The highest BCUT2D eigenvalue weighted by Crippen LogP contribution is 2.18. The predicted octanol–water partition coefficient (Wildman–Crippen LogP) is 3.03. The quantitative estimate of drug-likeness (QED) is 0.776. The molecule has 0 radical (unpaired) electrons. The fourth-order valence-corrected chi connectivity index (χ4v) is 3.03. The van der Waals surface area contributed by atoms with Crippen LogP contribution in [0.25, 0.3) is 0 Å². The number of hydrogen-bond donors (Lipinski definition) is 1. The molecule has 0 spiro atoms. The molecular formula is C18H29ClN2O2. The van der Waals surface area contributed by atoms with Crippen LogP contribution in [-0.2, 0) is 4.79 Å². The van der Waals surface area contributed by atoms with Gasteiger partial charge in [-0.05, 0) is 57.3 Å². The summed E-state index contributed by atoms with van der Waals surface area (Å²) in [6, 6.07) is 7.99. The minimum absolute atomic E-state index is 0. The van der Waals surface area contributed by atoms with Gasteiger partial charge in [-0.3, -0.25) is 4.79 Å². The molecule has 0 saturated carbocycles. The minimum Gasteiger partial charge on any atom is -0.493 e. The summed E-state index contributed by atoms with van der Waals surface area (Å²) in [4.78, 5) is 14.3. The van der Waals surface area contributed by atoms with Crippen LogP contribution in [0.2, 0.25) is 0 Å². The van der Waals surface area contributed by atoms with Gasteiger partial charge in [-0.1, -0.05) is 18.2 Å². The van der Waals surface area contributed by atoms with Gasteiger partial charge in [0, 0.05) is 19.5 Å². The molecule has 1 fully saturated rings. The second-order valence-electron chi connectivity index (χ2n) is 6.12. The van der Waals surface area contributed by atoms with Crippen molar-refractivity contribution >= 4 is 18.3 Å². The first-order chi connectivity index (χ1) is 10.7. The van der Waals surface area contributed by atoms with Crippen LogP contribution in [-0.4, -0.2) is 44.1 Å². The summed E-state index contributed by atoms with van der Waals surface area (Å²) in [7, 11) is 1.98. The topological polar surface area (TPSA) is 41.6 Å². The maximum Gasteiger partial charge on any atom is 0.222 e. The van der Waals surface area contributed by atoms with E-state index in [0.29, 0.717) is 18.9 Å². The molecule has 1 aromatic rings. The van der Waals surface area contributed by atoms with Gasteiger partial charge in [0.1, 0.15) is 5.75 Å². The van der Waals surface area contributed by atoms with Gasteiger partial charge in [0.25, 0.3) is 0 Å². The number of ether oxygens (including phenoxy) is 1. The summed E-state index contributed by atoms with van der Waals surface area (Å²) in [5.74, 6) is 1.79. The van der Waals surface area contributed by atoms with E-state index >= 15 is 0 Å². The molecular weight excluding hydrogens is 312 g/mol. The molecule has 1 N–H and O–H groups in total. The van der Waals surface area contributed by atoms with E-state index in [4.69, 9.17) is 4.74 Å². The van der Waals surface area contributed by atoms with Crippen molar-refractivity contribution in [2.45, 2.75) is 32.6 Å². The van der Waals surface area contributed by atoms with Crippen molar-refractivity contribution in [3.8, 4) is 5.75 Å². The highest BCUT2D eigenvalue weighted by molar-refractivity contribution is 5.85. The Morgan fingerprint density at radius 2 is 2.17 bits per heavy atom. The number of rotatable bonds is 7. The Labute approximate surface area is 146 Å². The van der Waals surface area contributed by atoms with Gasteiger partial charge in [0.15, 0.2) is 0 Å². The van der Waals surface area contributed by atoms with Crippen molar-refractivity contribution < 1.29 is 9.53 Å². The molecule has 1 atom stereocenters. The van der Waals surface area contributed by atoms with E-state index in [0.717, 1.165) is 43.8 Å². The lowest BCUT2D eigenvalue weighted by atomic mass is 9.97.